The number of rotatable bonds is 7. The number of aryl methyl sites for hydroxylation is 1. The lowest BCUT2D eigenvalue weighted by Gasteiger charge is -2.26. The summed E-state index contributed by atoms with van der Waals surface area (Å²) in [5.41, 5.74) is 5.04. The van der Waals surface area contributed by atoms with E-state index in [4.69, 9.17) is 4.74 Å². The first-order valence-electron chi connectivity index (χ1n) is 10.9. The van der Waals surface area contributed by atoms with Gasteiger partial charge in [-0.3, -0.25) is 14.7 Å². The van der Waals surface area contributed by atoms with Crippen molar-refractivity contribution in [2.75, 3.05) is 26.3 Å². The molecule has 1 amide bonds. The van der Waals surface area contributed by atoms with E-state index in [0.29, 0.717) is 23.4 Å². The van der Waals surface area contributed by atoms with E-state index >= 15 is 0 Å². The summed E-state index contributed by atoms with van der Waals surface area (Å²) in [4.78, 5) is 18.9. The van der Waals surface area contributed by atoms with Gasteiger partial charge in [-0.1, -0.05) is 48.0 Å². The number of benzene rings is 2. The molecule has 166 valence electrons. The van der Waals surface area contributed by atoms with Crippen molar-refractivity contribution in [1.29, 1.82) is 0 Å². The molecule has 0 radical (unpaired) electrons. The molecular formula is C26H28FN3O2. The van der Waals surface area contributed by atoms with E-state index in [9.17, 15) is 9.18 Å². The molecule has 1 aliphatic heterocycles. The Labute approximate surface area is 188 Å². The molecule has 0 bridgehead atoms. The van der Waals surface area contributed by atoms with Crippen LogP contribution >= 0.6 is 0 Å². The van der Waals surface area contributed by atoms with Gasteiger partial charge in [-0.05, 0) is 30.2 Å². The standard InChI is InChI=1S/C26H28FN3O2/c1-19-3-2-4-20(13-19)16-29-26(31)15-23-7-6-22(17-28-23)24-8-5-21(14-25(24)27)18-30-9-11-32-12-10-30/h2-8,13-14,17H,9-12,15-16,18H2,1H3,(H,29,31). The number of carbonyl (C=O) groups excluding carboxylic acids is 1. The number of carbonyl (C=O) groups is 1. The number of pyridine rings is 1. The van der Waals surface area contributed by atoms with Gasteiger partial charge in [0.1, 0.15) is 5.82 Å². The van der Waals surface area contributed by atoms with Crippen LogP contribution in [0.2, 0.25) is 0 Å². The fourth-order valence-corrected chi connectivity index (χ4v) is 3.85. The van der Waals surface area contributed by atoms with Gasteiger partial charge in [-0.15, -0.1) is 0 Å². The van der Waals surface area contributed by atoms with Gasteiger partial charge < -0.3 is 10.1 Å². The first kappa shape index (κ1) is 22.1. The highest BCUT2D eigenvalue weighted by Crippen LogP contribution is 2.24. The fourth-order valence-electron chi connectivity index (χ4n) is 3.85. The number of nitrogens with zero attached hydrogens (tertiary/aromatic N) is 2. The van der Waals surface area contributed by atoms with Crippen molar-refractivity contribution < 1.29 is 13.9 Å². The van der Waals surface area contributed by atoms with E-state index in [-0.39, 0.29) is 18.1 Å². The Morgan fingerprint density at radius 3 is 2.66 bits per heavy atom. The average molecular weight is 434 g/mol. The predicted octanol–water partition coefficient (Wildman–Crippen LogP) is 3.89. The summed E-state index contributed by atoms with van der Waals surface area (Å²) < 4.78 is 20.1. The second-order valence-corrected chi connectivity index (χ2v) is 8.18. The summed E-state index contributed by atoms with van der Waals surface area (Å²) in [5, 5.41) is 2.92. The van der Waals surface area contributed by atoms with E-state index in [1.807, 2.05) is 43.3 Å². The lowest BCUT2D eigenvalue weighted by Crippen LogP contribution is -2.35. The topological polar surface area (TPSA) is 54.5 Å². The van der Waals surface area contributed by atoms with E-state index < -0.39 is 0 Å². The number of hydrogen-bond acceptors (Lipinski definition) is 4. The van der Waals surface area contributed by atoms with Crippen LogP contribution in [0.3, 0.4) is 0 Å². The van der Waals surface area contributed by atoms with Crippen LogP contribution in [0.25, 0.3) is 11.1 Å². The molecule has 0 spiro atoms. The second-order valence-electron chi connectivity index (χ2n) is 8.18. The molecule has 0 saturated carbocycles. The Kier molecular flexibility index (Phi) is 7.24. The lowest BCUT2D eigenvalue weighted by atomic mass is 10.0. The Balaban J connectivity index is 1.34. The molecule has 3 aromatic rings. The van der Waals surface area contributed by atoms with E-state index in [1.165, 1.54) is 0 Å². The van der Waals surface area contributed by atoms with Crippen LogP contribution in [0.15, 0.2) is 60.8 Å². The van der Waals surface area contributed by atoms with E-state index in [2.05, 4.69) is 15.2 Å². The van der Waals surface area contributed by atoms with Crippen molar-refractivity contribution >= 4 is 5.91 Å². The SMILES string of the molecule is Cc1cccc(CNC(=O)Cc2ccc(-c3ccc(CN4CCOCC4)cc3F)cn2)c1. The zero-order valence-electron chi connectivity index (χ0n) is 18.3. The largest absolute Gasteiger partial charge is 0.379 e. The van der Waals surface area contributed by atoms with Crippen LogP contribution < -0.4 is 5.32 Å². The monoisotopic (exact) mass is 433 g/mol. The predicted molar refractivity (Wildman–Crippen MR) is 122 cm³/mol. The number of amides is 1. The van der Waals surface area contributed by atoms with E-state index in [1.54, 1.807) is 24.4 Å². The van der Waals surface area contributed by atoms with Gasteiger partial charge in [0.25, 0.3) is 0 Å². The minimum Gasteiger partial charge on any atom is -0.379 e. The second kappa shape index (κ2) is 10.5. The average Bonchev–Trinajstić information content (AvgIpc) is 2.79. The van der Waals surface area contributed by atoms with Gasteiger partial charge in [0.15, 0.2) is 0 Å². The molecule has 4 rings (SSSR count). The van der Waals surface area contributed by atoms with Gasteiger partial charge in [0, 0.05) is 49.2 Å². The molecule has 1 N–H and O–H groups in total. The van der Waals surface area contributed by atoms with Crippen LogP contribution in [-0.4, -0.2) is 42.1 Å². The summed E-state index contributed by atoms with van der Waals surface area (Å²) in [6, 6.07) is 17.0. The Morgan fingerprint density at radius 2 is 1.94 bits per heavy atom. The van der Waals surface area contributed by atoms with Crippen molar-refractivity contribution in [3.63, 3.8) is 0 Å². The quantitative estimate of drug-likeness (QED) is 0.614. The van der Waals surface area contributed by atoms with Crippen LogP contribution in [0, 0.1) is 12.7 Å². The molecule has 1 aliphatic rings. The smallest absolute Gasteiger partial charge is 0.226 e. The highest BCUT2D eigenvalue weighted by atomic mass is 19.1. The molecule has 1 aromatic heterocycles. The van der Waals surface area contributed by atoms with Crippen molar-refractivity contribution in [2.24, 2.45) is 0 Å². The van der Waals surface area contributed by atoms with Crippen molar-refractivity contribution in [3.8, 4) is 11.1 Å². The maximum Gasteiger partial charge on any atom is 0.226 e. The van der Waals surface area contributed by atoms with Crippen LogP contribution in [0.1, 0.15) is 22.4 Å². The maximum absolute atomic E-state index is 14.8. The van der Waals surface area contributed by atoms with Crippen LogP contribution in [-0.2, 0) is 29.0 Å². The summed E-state index contributed by atoms with van der Waals surface area (Å²) >= 11 is 0. The zero-order valence-corrected chi connectivity index (χ0v) is 18.3. The molecule has 6 heteroatoms. The zero-order chi connectivity index (χ0) is 22.3. The molecule has 0 aliphatic carbocycles. The first-order chi connectivity index (χ1) is 15.6. The normalized spacial score (nSPS) is 14.3. The number of halogens is 1. The highest BCUT2D eigenvalue weighted by molar-refractivity contribution is 5.78. The van der Waals surface area contributed by atoms with Gasteiger partial charge in [0.2, 0.25) is 5.91 Å². The molecule has 2 heterocycles. The number of ether oxygens (including phenoxy) is 1. The molecule has 0 atom stereocenters. The Hall–Kier alpha value is -3.09. The molecule has 5 nitrogen and oxygen atoms in total. The Morgan fingerprint density at radius 1 is 1.09 bits per heavy atom. The molecule has 0 unspecified atom stereocenters. The number of hydrogen-bond donors (Lipinski definition) is 1. The van der Waals surface area contributed by atoms with E-state index in [0.717, 1.165) is 49.5 Å². The summed E-state index contributed by atoms with van der Waals surface area (Å²) in [5.74, 6) is -0.355. The van der Waals surface area contributed by atoms with Crippen LogP contribution in [0.4, 0.5) is 4.39 Å². The molecule has 1 fully saturated rings. The van der Waals surface area contributed by atoms with Gasteiger partial charge in [-0.25, -0.2) is 4.39 Å². The van der Waals surface area contributed by atoms with Crippen molar-refractivity contribution in [3.05, 3.63) is 89.0 Å². The molecule has 32 heavy (non-hydrogen) atoms. The summed E-state index contributed by atoms with van der Waals surface area (Å²) in [6.07, 6.45) is 1.82. The van der Waals surface area contributed by atoms with Gasteiger partial charge in [0.05, 0.1) is 19.6 Å². The molecule has 2 aromatic carbocycles. The number of morpholine rings is 1. The number of aromatic nitrogens is 1. The van der Waals surface area contributed by atoms with Gasteiger partial charge in [-0.2, -0.15) is 0 Å². The third-order valence-electron chi connectivity index (χ3n) is 5.59. The first-order valence-corrected chi connectivity index (χ1v) is 10.9. The molecule has 1 saturated heterocycles. The van der Waals surface area contributed by atoms with Gasteiger partial charge >= 0.3 is 0 Å². The minimum absolute atomic E-state index is 0.0922. The van der Waals surface area contributed by atoms with Crippen molar-refractivity contribution in [2.45, 2.75) is 26.4 Å². The third-order valence-corrected chi connectivity index (χ3v) is 5.59. The third kappa shape index (κ3) is 5.99. The fraction of sp³-hybridized carbons (Fsp3) is 0.308. The summed E-state index contributed by atoms with van der Waals surface area (Å²) in [6.45, 7) is 6.42. The van der Waals surface area contributed by atoms with Crippen molar-refractivity contribution in [1.82, 2.24) is 15.2 Å². The highest BCUT2D eigenvalue weighted by Gasteiger charge is 2.13. The molecular weight excluding hydrogens is 405 g/mol. The summed E-state index contributed by atoms with van der Waals surface area (Å²) in [7, 11) is 0. The van der Waals surface area contributed by atoms with Crippen LogP contribution in [0.5, 0.6) is 0 Å². The lowest BCUT2D eigenvalue weighted by molar-refractivity contribution is -0.120. The minimum atomic E-state index is -0.263. The number of nitrogens with one attached hydrogen (secondary N) is 1. The Bertz CT molecular complexity index is 1060. The maximum atomic E-state index is 14.8.